The van der Waals surface area contributed by atoms with Crippen LogP contribution in [0, 0.1) is 10.1 Å². The first-order valence-corrected chi connectivity index (χ1v) is 11.5. The Morgan fingerprint density at radius 3 is 2.06 bits per heavy atom. The highest BCUT2D eigenvalue weighted by atomic mass is 35.5. The fraction of sp³-hybridized carbons (Fsp3) is 0.250. The first-order chi connectivity index (χ1) is 15.1. The smallest absolute Gasteiger partial charge is 0.283 e. The molecule has 3 aromatic rings. The minimum atomic E-state index is -0.292. The van der Waals surface area contributed by atoms with Crippen molar-refractivity contribution in [2.75, 3.05) is 26.2 Å². The van der Waals surface area contributed by atoms with Crippen molar-refractivity contribution in [3.8, 4) is 0 Å². The Labute approximate surface area is 191 Å². The number of piperazine rings is 1. The van der Waals surface area contributed by atoms with E-state index in [0.29, 0.717) is 9.92 Å². The Morgan fingerprint density at radius 1 is 0.839 bits per heavy atom. The van der Waals surface area contributed by atoms with Gasteiger partial charge in [0.25, 0.3) is 5.69 Å². The second kappa shape index (κ2) is 10.3. The van der Waals surface area contributed by atoms with Gasteiger partial charge in [0.15, 0.2) is 0 Å². The molecule has 4 rings (SSSR count). The van der Waals surface area contributed by atoms with E-state index in [1.54, 1.807) is 18.2 Å². The van der Waals surface area contributed by atoms with Crippen LogP contribution < -0.4 is 0 Å². The van der Waals surface area contributed by atoms with E-state index in [9.17, 15) is 10.1 Å². The molecule has 0 aromatic heterocycles. The van der Waals surface area contributed by atoms with Crippen LogP contribution in [0.2, 0.25) is 5.02 Å². The Bertz CT molecular complexity index is 1020. The first-order valence-electron chi connectivity index (χ1n) is 10.3. The maximum absolute atomic E-state index is 11.7. The number of halogens is 1. The molecule has 1 saturated heterocycles. The van der Waals surface area contributed by atoms with Crippen LogP contribution in [0.1, 0.15) is 11.1 Å². The van der Waals surface area contributed by atoms with E-state index >= 15 is 0 Å². The maximum atomic E-state index is 11.7. The summed E-state index contributed by atoms with van der Waals surface area (Å²) in [5.41, 5.74) is 2.46. The van der Waals surface area contributed by atoms with E-state index in [-0.39, 0.29) is 10.6 Å². The summed E-state index contributed by atoms with van der Waals surface area (Å²) in [6.07, 6.45) is 0. The predicted octanol–water partition coefficient (Wildman–Crippen LogP) is 5.72. The van der Waals surface area contributed by atoms with Gasteiger partial charge < -0.3 is 0 Å². The summed E-state index contributed by atoms with van der Waals surface area (Å²) < 4.78 is 0. The highest BCUT2D eigenvalue weighted by Crippen LogP contribution is 2.36. The van der Waals surface area contributed by atoms with Crippen molar-refractivity contribution >= 4 is 29.1 Å². The Balaban J connectivity index is 1.37. The molecule has 7 heteroatoms. The van der Waals surface area contributed by atoms with Gasteiger partial charge in [-0.1, -0.05) is 59.8 Å². The third-order valence-electron chi connectivity index (χ3n) is 5.38. The van der Waals surface area contributed by atoms with Crippen LogP contribution >= 0.6 is 23.4 Å². The van der Waals surface area contributed by atoms with Gasteiger partial charge in [-0.2, -0.15) is 0 Å². The van der Waals surface area contributed by atoms with Crippen LogP contribution in [0.25, 0.3) is 0 Å². The van der Waals surface area contributed by atoms with Crippen LogP contribution in [0.3, 0.4) is 0 Å². The fourth-order valence-electron chi connectivity index (χ4n) is 3.73. The van der Waals surface area contributed by atoms with Crippen LogP contribution in [-0.2, 0) is 13.1 Å². The Hall–Kier alpha value is -2.38. The summed E-state index contributed by atoms with van der Waals surface area (Å²) in [6.45, 7) is 5.62. The van der Waals surface area contributed by atoms with Crippen LogP contribution in [0.15, 0.2) is 82.6 Å². The lowest BCUT2D eigenvalue weighted by molar-refractivity contribution is -0.387. The van der Waals surface area contributed by atoms with E-state index in [2.05, 4.69) is 34.1 Å². The lowest BCUT2D eigenvalue weighted by atomic mass is 10.1. The zero-order chi connectivity index (χ0) is 21.6. The second-order valence-electron chi connectivity index (χ2n) is 7.65. The monoisotopic (exact) mass is 453 g/mol. The summed E-state index contributed by atoms with van der Waals surface area (Å²) >= 11 is 7.32. The van der Waals surface area contributed by atoms with Gasteiger partial charge in [-0.05, 0) is 41.5 Å². The van der Waals surface area contributed by atoms with Crippen LogP contribution in [-0.4, -0.2) is 40.9 Å². The molecule has 1 fully saturated rings. The number of hydrogen-bond acceptors (Lipinski definition) is 5. The SMILES string of the molecule is O=[N+]([O-])c1cc(CN2CCN(Cc3ccccc3)CC2)ccc1Sc1ccc(Cl)cc1. The number of nitro groups is 1. The van der Waals surface area contributed by atoms with E-state index in [1.165, 1.54) is 17.3 Å². The molecule has 160 valence electrons. The number of nitrogens with zero attached hydrogens (tertiary/aromatic N) is 3. The molecule has 1 aliphatic rings. The molecule has 1 aliphatic heterocycles. The number of hydrogen-bond donors (Lipinski definition) is 0. The standard InChI is InChI=1S/C24H24ClN3O2S/c25-21-7-9-22(10-8-21)31-24-11-6-20(16-23(24)28(29)30)18-27-14-12-26(13-15-27)17-19-4-2-1-3-5-19/h1-11,16H,12-15,17-18H2. The van der Waals surface area contributed by atoms with Gasteiger partial charge in [0, 0.05) is 55.3 Å². The Kier molecular flexibility index (Phi) is 7.25. The molecule has 0 N–H and O–H groups in total. The molecular formula is C24H24ClN3O2S. The second-order valence-corrected chi connectivity index (χ2v) is 9.20. The van der Waals surface area contributed by atoms with Crippen molar-refractivity contribution in [1.29, 1.82) is 0 Å². The van der Waals surface area contributed by atoms with Crippen molar-refractivity contribution in [3.05, 3.63) is 99.1 Å². The van der Waals surface area contributed by atoms with E-state index in [0.717, 1.165) is 49.7 Å². The molecule has 0 amide bonds. The van der Waals surface area contributed by atoms with Gasteiger partial charge in [-0.15, -0.1) is 0 Å². The molecule has 0 unspecified atom stereocenters. The Morgan fingerprint density at radius 2 is 1.45 bits per heavy atom. The van der Waals surface area contributed by atoms with E-state index < -0.39 is 0 Å². The average Bonchev–Trinajstić information content (AvgIpc) is 2.78. The minimum absolute atomic E-state index is 0.153. The number of benzene rings is 3. The molecule has 0 bridgehead atoms. The number of rotatable bonds is 7. The lowest BCUT2D eigenvalue weighted by Crippen LogP contribution is -2.45. The molecule has 0 atom stereocenters. The molecule has 1 heterocycles. The van der Waals surface area contributed by atoms with E-state index in [4.69, 9.17) is 11.6 Å². The lowest BCUT2D eigenvalue weighted by Gasteiger charge is -2.34. The maximum Gasteiger partial charge on any atom is 0.283 e. The molecule has 0 radical (unpaired) electrons. The quantitative estimate of drug-likeness (QED) is 0.338. The summed E-state index contributed by atoms with van der Waals surface area (Å²) in [4.78, 5) is 17.8. The third kappa shape index (κ3) is 6.08. The fourth-order valence-corrected chi connectivity index (χ4v) is 4.75. The molecule has 0 spiro atoms. The molecule has 0 aliphatic carbocycles. The van der Waals surface area contributed by atoms with Crippen molar-refractivity contribution in [2.45, 2.75) is 22.9 Å². The van der Waals surface area contributed by atoms with Gasteiger partial charge in [0.05, 0.1) is 9.82 Å². The van der Waals surface area contributed by atoms with Gasteiger partial charge in [-0.3, -0.25) is 19.9 Å². The predicted molar refractivity (Wildman–Crippen MR) is 126 cm³/mol. The van der Waals surface area contributed by atoms with Crippen molar-refractivity contribution in [3.63, 3.8) is 0 Å². The topological polar surface area (TPSA) is 49.6 Å². The number of nitro benzene ring substituents is 1. The summed E-state index contributed by atoms with van der Waals surface area (Å²) in [6, 6.07) is 23.4. The van der Waals surface area contributed by atoms with Gasteiger partial charge in [0.1, 0.15) is 0 Å². The van der Waals surface area contributed by atoms with Crippen molar-refractivity contribution in [2.24, 2.45) is 0 Å². The van der Waals surface area contributed by atoms with E-state index in [1.807, 2.05) is 30.3 Å². The molecule has 0 saturated carbocycles. The van der Waals surface area contributed by atoms with Gasteiger partial charge >= 0.3 is 0 Å². The van der Waals surface area contributed by atoms with Crippen LogP contribution in [0.5, 0.6) is 0 Å². The van der Waals surface area contributed by atoms with Crippen molar-refractivity contribution in [1.82, 2.24) is 9.80 Å². The largest absolute Gasteiger partial charge is 0.297 e. The molecule has 3 aromatic carbocycles. The zero-order valence-corrected chi connectivity index (χ0v) is 18.7. The first kappa shape index (κ1) is 21.8. The zero-order valence-electron chi connectivity index (χ0n) is 17.1. The average molecular weight is 454 g/mol. The molecule has 5 nitrogen and oxygen atoms in total. The third-order valence-corrected chi connectivity index (χ3v) is 6.71. The summed E-state index contributed by atoms with van der Waals surface area (Å²) in [5.74, 6) is 0. The highest BCUT2D eigenvalue weighted by molar-refractivity contribution is 7.99. The minimum Gasteiger partial charge on any atom is -0.297 e. The molecule has 31 heavy (non-hydrogen) atoms. The van der Waals surface area contributed by atoms with Gasteiger partial charge in [-0.25, -0.2) is 0 Å². The molecular weight excluding hydrogens is 430 g/mol. The van der Waals surface area contributed by atoms with Gasteiger partial charge in [0.2, 0.25) is 0 Å². The summed E-state index contributed by atoms with van der Waals surface area (Å²) in [7, 11) is 0. The van der Waals surface area contributed by atoms with Crippen LogP contribution in [0.4, 0.5) is 5.69 Å². The highest BCUT2D eigenvalue weighted by Gasteiger charge is 2.20. The van der Waals surface area contributed by atoms with Crippen molar-refractivity contribution < 1.29 is 4.92 Å². The normalized spacial score (nSPS) is 15.1. The summed E-state index contributed by atoms with van der Waals surface area (Å²) in [5, 5.41) is 12.3.